The second-order valence-electron chi connectivity index (χ2n) is 2.99. The van der Waals surface area contributed by atoms with E-state index < -0.39 is 0 Å². The fraction of sp³-hybridized carbons (Fsp3) is 0.700. The van der Waals surface area contributed by atoms with Gasteiger partial charge in [-0.2, -0.15) is 0 Å². The van der Waals surface area contributed by atoms with E-state index in [0.29, 0.717) is 18.7 Å². The van der Waals surface area contributed by atoms with Gasteiger partial charge in [0.2, 0.25) is 0 Å². The van der Waals surface area contributed by atoms with E-state index in [9.17, 15) is 4.79 Å². The SMILES string of the molecule is C=CCCCC(=O)C(CC)CN. The standard InChI is InChI=1S/C10H19NO/c1-3-5-6-7-10(12)9(4-2)8-11/h3,9H,1,4-8,11H2,2H3. The maximum atomic E-state index is 11.4. The average molecular weight is 169 g/mol. The molecule has 0 saturated carbocycles. The molecule has 70 valence electrons. The minimum Gasteiger partial charge on any atom is -0.330 e. The first kappa shape index (κ1) is 11.4. The maximum absolute atomic E-state index is 11.4. The van der Waals surface area contributed by atoms with Gasteiger partial charge in [0.15, 0.2) is 0 Å². The van der Waals surface area contributed by atoms with Crippen molar-refractivity contribution in [1.29, 1.82) is 0 Å². The van der Waals surface area contributed by atoms with Crippen molar-refractivity contribution >= 4 is 5.78 Å². The first-order valence-electron chi connectivity index (χ1n) is 4.59. The number of rotatable bonds is 7. The quantitative estimate of drug-likeness (QED) is 0.467. The van der Waals surface area contributed by atoms with Crippen LogP contribution < -0.4 is 5.73 Å². The molecule has 0 rings (SSSR count). The lowest BCUT2D eigenvalue weighted by Crippen LogP contribution is -2.22. The van der Waals surface area contributed by atoms with E-state index in [-0.39, 0.29) is 5.92 Å². The molecule has 0 amide bonds. The van der Waals surface area contributed by atoms with Crippen LogP contribution in [0.4, 0.5) is 0 Å². The van der Waals surface area contributed by atoms with Crippen LogP contribution in [0.15, 0.2) is 12.7 Å². The van der Waals surface area contributed by atoms with Gasteiger partial charge < -0.3 is 5.73 Å². The van der Waals surface area contributed by atoms with E-state index in [1.165, 1.54) is 0 Å². The van der Waals surface area contributed by atoms with E-state index in [1.807, 2.05) is 13.0 Å². The molecule has 2 heteroatoms. The number of ketones is 1. The van der Waals surface area contributed by atoms with Gasteiger partial charge in [-0.1, -0.05) is 13.0 Å². The van der Waals surface area contributed by atoms with Gasteiger partial charge in [-0.05, 0) is 19.3 Å². The third-order valence-electron chi connectivity index (χ3n) is 2.06. The summed E-state index contributed by atoms with van der Waals surface area (Å²) in [6.45, 7) is 6.10. The Bertz CT molecular complexity index is 139. The zero-order valence-corrected chi connectivity index (χ0v) is 7.88. The van der Waals surface area contributed by atoms with Crippen molar-refractivity contribution in [3.8, 4) is 0 Å². The van der Waals surface area contributed by atoms with Crippen molar-refractivity contribution in [3.63, 3.8) is 0 Å². The molecule has 0 radical (unpaired) electrons. The summed E-state index contributed by atoms with van der Waals surface area (Å²) in [5.74, 6) is 0.386. The van der Waals surface area contributed by atoms with Gasteiger partial charge in [0.05, 0.1) is 0 Å². The van der Waals surface area contributed by atoms with Gasteiger partial charge in [-0.3, -0.25) is 4.79 Å². The normalized spacial score (nSPS) is 12.5. The summed E-state index contributed by atoms with van der Waals surface area (Å²) in [7, 11) is 0. The third kappa shape index (κ3) is 4.29. The van der Waals surface area contributed by atoms with E-state index in [0.717, 1.165) is 19.3 Å². The van der Waals surface area contributed by atoms with E-state index in [1.54, 1.807) is 0 Å². The Labute approximate surface area is 74.8 Å². The molecule has 0 saturated heterocycles. The summed E-state index contributed by atoms with van der Waals surface area (Å²) >= 11 is 0. The Hall–Kier alpha value is -0.630. The Morgan fingerprint density at radius 2 is 2.33 bits per heavy atom. The first-order valence-corrected chi connectivity index (χ1v) is 4.59. The van der Waals surface area contributed by atoms with Crippen LogP contribution in [0, 0.1) is 5.92 Å². The lowest BCUT2D eigenvalue weighted by molar-refractivity contribution is -0.122. The molecular formula is C10H19NO. The first-order chi connectivity index (χ1) is 5.76. The molecule has 0 aromatic carbocycles. The lowest BCUT2D eigenvalue weighted by Gasteiger charge is -2.09. The van der Waals surface area contributed by atoms with Crippen molar-refractivity contribution in [2.24, 2.45) is 11.7 Å². The van der Waals surface area contributed by atoms with Gasteiger partial charge in [0.25, 0.3) is 0 Å². The molecule has 0 aromatic rings. The topological polar surface area (TPSA) is 43.1 Å². The molecule has 0 bridgehead atoms. The van der Waals surface area contributed by atoms with Crippen molar-refractivity contribution in [2.45, 2.75) is 32.6 Å². The summed E-state index contributed by atoms with van der Waals surface area (Å²) in [5.41, 5.74) is 5.45. The molecule has 12 heavy (non-hydrogen) atoms. The van der Waals surface area contributed by atoms with Gasteiger partial charge in [-0.15, -0.1) is 6.58 Å². The molecule has 2 nitrogen and oxygen atoms in total. The van der Waals surface area contributed by atoms with Crippen LogP contribution in [0.1, 0.15) is 32.6 Å². The predicted octanol–water partition coefficient (Wildman–Crippen LogP) is 1.90. The fourth-order valence-electron chi connectivity index (χ4n) is 1.15. The zero-order valence-electron chi connectivity index (χ0n) is 7.88. The average Bonchev–Trinajstić information content (AvgIpc) is 2.07. The number of carbonyl (C=O) groups excluding carboxylic acids is 1. The van der Waals surface area contributed by atoms with Gasteiger partial charge in [0.1, 0.15) is 5.78 Å². The highest BCUT2D eigenvalue weighted by Gasteiger charge is 2.12. The molecule has 0 spiro atoms. The van der Waals surface area contributed by atoms with Crippen LogP contribution in [-0.2, 0) is 4.79 Å². The monoisotopic (exact) mass is 169 g/mol. The second kappa shape index (κ2) is 7.04. The van der Waals surface area contributed by atoms with E-state index in [2.05, 4.69) is 6.58 Å². The summed E-state index contributed by atoms with van der Waals surface area (Å²) < 4.78 is 0. The number of hydrogen-bond acceptors (Lipinski definition) is 2. The molecule has 0 aliphatic carbocycles. The van der Waals surface area contributed by atoms with Gasteiger partial charge in [-0.25, -0.2) is 0 Å². The molecule has 1 atom stereocenters. The van der Waals surface area contributed by atoms with Crippen molar-refractivity contribution in [3.05, 3.63) is 12.7 Å². The van der Waals surface area contributed by atoms with Crippen molar-refractivity contribution in [1.82, 2.24) is 0 Å². The second-order valence-corrected chi connectivity index (χ2v) is 2.99. The Morgan fingerprint density at radius 3 is 2.75 bits per heavy atom. The zero-order chi connectivity index (χ0) is 9.40. The molecule has 0 aromatic heterocycles. The predicted molar refractivity (Wildman–Crippen MR) is 51.9 cm³/mol. The lowest BCUT2D eigenvalue weighted by atomic mass is 9.97. The highest BCUT2D eigenvalue weighted by molar-refractivity contribution is 5.81. The third-order valence-corrected chi connectivity index (χ3v) is 2.06. The Balaban J connectivity index is 3.61. The molecule has 0 fully saturated rings. The smallest absolute Gasteiger partial charge is 0.137 e. The van der Waals surface area contributed by atoms with E-state index >= 15 is 0 Å². The number of hydrogen-bond donors (Lipinski definition) is 1. The minimum atomic E-state index is 0.0785. The fourth-order valence-corrected chi connectivity index (χ4v) is 1.15. The summed E-state index contributed by atoms with van der Waals surface area (Å²) in [6, 6.07) is 0. The summed E-state index contributed by atoms with van der Waals surface area (Å²) in [6.07, 6.45) is 5.20. The van der Waals surface area contributed by atoms with Crippen LogP contribution in [-0.4, -0.2) is 12.3 Å². The largest absolute Gasteiger partial charge is 0.330 e. The molecular weight excluding hydrogens is 150 g/mol. The molecule has 1 unspecified atom stereocenters. The highest BCUT2D eigenvalue weighted by Crippen LogP contribution is 2.08. The van der Waals surface area contributed by atoms with Crippen LogP contribution in [0.2, 0.25) is 0 Å². The number of allylic oxidation sites excluding steroid dienone is 1. The number of nitrogens with two attached hydrogens (primary N) is 1. The number of unbranched alkanes of at least 4 members (excludes halogenated alkanes) is 1. The minimum absolute atomic E-state index is 0.0785. The number of Topliss-reactive ketones (excluding diaryl/α,β-unsaturated/α-hetero) is 1. The molecule has 2 N–H and O–H groups in total. The maximum Gasteiger partial charge on any atom is 0.137 e. The summed E-state index contributed by atoms with van der Waals surface area (Å²) in [4.78, 5) is 11.4. The molecule has 0 aliphatic heterocycles. The van der Waals surface area contributed by atoms with Crippen molar-refractivity contribution < 1.29 is 4.79 Å². The molecule has 0 aliphatic rings. The Morgan fingerprint density at radius 1 is 1.67 bits per heavy atom. The van der Waals surface area contributed by atoms with Crippen LogP contribution in [0.25, 0.3) is 0 Å². The van der Waals surface area contributed by atoms with Crippen molar-refractivity contribution in [2.75, 3.05) is 6.54 Å². The van der Waals surface area contributed by atoms with Crippen LogP contribution in [0.5, 0.6) is 0 Å². The van der Waals surface area contributed by atoms with Crippen LogP contribution in [0.3, 0.4) is 0 Å². The Kier molecular flexibility index (Phi) is 6.67. The van der Waals surface area contributed by atoms with Crippen LogP contribution >= 0.6 is 0 Å². The summed E-state index contributed by atoms with van der Waals surface area (Å²) in [5, 5.41) is 0. The van der Waals surface area contributed by atoms with Gasteiger partial charge in [0, 0.05) is 18.9 Å². The van der Waals surface area contributed by atoms with Gasteiger partial charge >= 0.3 is 0 Å². The number of carbonyl (C=O) groups is 1. The molecule has 0 heterocycles. The highest BCUT2D eigenvalue weighted by atomic mass is 16.1. The van der Waals surface area contributed by atoms with E-state index in [4.69, 9.17) is 5.73 Å².